The highest BCUT2D eigenvalue weighted by Gasteiger charge is 2.41. The molecule has 108 valence electrons. The fraction of sp³-hybridized carbons (Fsp3) is 1.00. The third-order valence-electron chi connectivity index (χ3n) is 5.80. The molecule has 4 fully saturated rings. The Labute approximate surface area is 118 Å². The largest absolute Gasteiger partial charge is 0.313 e. The van der Waals surface area contributed by atoms with Crippen molar-refractivity contribution < 1.29 is 0 Å². The van der Waals surface area contributed by atoms with Crippen LogP contribution in [-0.4, -0.2) is 36.6 Å². The molecule has 0 heterocycles. The number of nitrogens with zero attached hydrogens (tertiary/aromatic N) is 1. The van der Waals surface area contributed by atoms with E-state index in [4.69, 9.17) is 0 Å². The summed E-state index contributed by atoms with van der Waals surface area (Å²) in [5, 5.41) is 3.85. The van der Waals surface area contributed by atoms with Gasteiger partial charge in [0.15, 0.2) is 0 Å². The Morgan fingerprint density at radius 2 is 1.68 bits per heavy atom. The van der Waals surface area contributed by atoms with E-state index in [1.165, 1.54) is 83.8 Å². The van der Waals surface area contributed by atoms with Gasteiger partial charge in [0, 0.05) is 31.7 Å². The first-order chi connectivity index (χ1) is 9.33. The molecule has 1 N–H and O–H groups in total. The van der Waals surface area contributed by atoms with Crippen molar-refractivity contribution in [3.05, 3.63) is 0 Å². The van der Waals surface area contributed by atoms with E-state index in [1.54, 1.807) is 0 Å². The smallest absolute Gasteiger partial charge is 0.00967 e. The first-order valence-electron chi connectivity index (χ1n) is 8.80. The van der Waals surface area contributed by atoms with E-state index in [-0.39, 0.29) is 0 Å². The Morgan fingerprint density at radius 1 is 0.947 bits per heavy atom. The van der Waals surface area contributed by atoms with E-state index in [2.05, 4.69) is 10.2 Å². The Bertz CT molecular complexity index is 309. The number of hydrogen-bond donors (Lipinski definition) is 1. The van der Waals surface area contributed by atoms with Gasteiger partial charge in [-0.15, -0.1) is 0 Å². The average Bonchev–Trinajstić information content (AvgIpc) is 3.23. The van der Waals surface area contributed by atoms with E-state index >= 15 is 0 Å². The fourth-order valence-corrected chi connectivity index (χ4v) is 4.01. The van der Waals surface area contributed by atoms with Crippen LogP contribution in [0, 0.1) is 11.3 Å². The zero-order valence-corrected chi connectivity index (χ0v) is 12.4. The summed E-state index contributed by atoms with van der Waals surface area (Å²) in [4.78, 5) is 2.90. The third-order valence-corrected chi connectivity index (χ3v) is 5.80. The van der Waals surface area contributed by atoms with Crippen LogP contribution >= 0.6 is 0 Å². The van der Waals surface area contributed by atoms with Crippen LogP contribution in [0.3, 0.4) is 0 Å². The third kappa shape index (κ3) is 3.33. The summed E-state index contributed by atoms with van der Waals surface area (Å²) >= 11 is 0. The zero-order chi connectivity index (χ0) is 12.7. The van der Waals surface area contributed by atoms with Crippen LogP contribution in [-0.2, 0) is 0 Å². The van der Waals surface area contributed by atoms with Crippen molar-refractivity contribution in [2.75, 3.05) is 19.6 Å². The molecule has 4 rings (SSSR count). The van der Waals surface area contributed by atoms with E-state index < -0.39 is 0 Å². The molecule has 0 unspecified atom stereocenters. The van der Waals surface area contributed by atoms with Crippen molar-refractivity contribution in [3.8, 4) is 0 Å². The molecule has 0 aromatic heterocycles. The Kier molecular flexibility index (Phi) is 3.35. The second-order valence-corrected chi connectivity index (χ2v) is 7.97. The van der Waals surface area contributed by atoms with Gasteiger partial charge in [0.2, 0.25) is 0 Å². The summed E-state index contributed by atoms with van der Waals surface area (Å²) in [6, 6.07) is 1.86. The monoisotopic (exact) mass is 262 g/mol. The minimum Gasteiger partial charge on any atom is -0.313 e. The highest BCUT2D eigenvalue weighted by atomic mass is 15.2. The zero-order valence-electron chi connectivity index (χ0n) is 12.4. The Morgan fingerprint density at radius 3 is 2.26 bits per heavy atom. The van der Waals surface area contributed by atoms with Crippen molar-refractivity contribution in [2.24, 2.45) is 11.3 Å². The maximum absolute atomic E-state index is 3.85. The summed E-state index contributed by atoms with van der Waals surface area (Å²) in [6.45, 7) is 4.15. The maximum Gasteiger partial charge on any atom is 0.00967 e. The molecule has 4 saturated carbocycles. The molecule has 19 heavy (non-hydrogen) atoms. The lowest BCUT2D eigenvalue weighted by Crippen LogP contribution is -2.44. The van der Waals surface area contributed by atoms with Gasteiger partial charge in [-0.1, -0.05) is 12.8 Å². The molecule has 0 radical (unpaired) electrons. The Hall–Kier alpha value is -0.0800. The van der Waals surface area contributed by atoms with Crippen LogP contribution in [0.5, 0.6) is 0 Å². The lowest BCUT2D eigenvalue weighted by molar-refractivity contribution is 0.136. The lowest BCUT2D eigenvalue weighted by Gasteiger charge is -2.36. The first-order valence-corrected chi connectivity index (χ1v) is 8.80. The van der Waals surface area contributed by atoms with Gasteiger partial charge in [-0.05, 0) is 62.7 Å². The van der Waals surface area contributed by atoms with E-state index in [0.717, 1.165) is 18.0 Å². The van der Waals surface area contributed by atoms with E-state index in [1.807, 2.05) is 0 Å². The summed E-state index contributed by atoms with van der Waals surface area (Å²) in [6.07, 6.45) is 14.8. The fourth-order valence-electron chi connectivity index (χ4n) is 4.01. The molecule has 0 saturated heterocycles. The van der Waals surface area contributed by atoms with E-state index in [0.29, 0.717) is 5.41 Å². The van der Waals surface area contributed by atoms with Gasteiger partial charge in [0.05, 0.1) is 0 Å². The molecule has 2 nitrogen and oxygen atoms in total. The summed E-state index contributed by atoms with van der Waals surface area (Å²) in [5.41, 5.74) is 0.639. The SMILES string of the molecule is C1CCC(CNC2CC2)(CN(CC2CC2)C2CC2)C1. The van der Waals surface area contributed by atoms with Crippen molar-refractivity contribution in [2.45, 2.75) is 76.3 Å². The maximum atomic E-state index is 3.85. The van der Waals surface area contributed by atoms with Crippen molar-refractivity contribution in [3.63, 3.8) is 0 Å². The molecule has 0 bridgehead atoms. The molecule has 0 spiro atoms. The minimum atomic E-state index is 0.639. The summed E-state index contributed by atoms with van der Waals surface area (Å²) < 4.78 is 0. The van der Waals surface area contributed by atoms with Crippen LogP contribution in [0.4, 0.5) is 0 Å². The summed E-state index contributed by atoms with van der Waals surface area (Å²) in [5.74, 6) is 1.07. The average molecular weight is 262 g/mol. The molecule has 4 aliphatic rings. The van der Waals surface area contributed by atoms with Crippen LogP contribution in [0.25, 0.3) is 0 Å². The topological polar surface area (TPSA) is 15.3 Å². The minimum absolute atomic E-state index is 0.639. The van der Waals surface area contributed by atoms with Crippen molar-refractivity contribution in [1.82, 2.24) is 10.2 Å². The van der Waals surface area contributed by atoms with E-state index in [9.17, 15) is 0 Å². The van der Waals surface area contributed by atoms with Gasteiger partial charge in [-0.3, -0.25) is 4.90 Å². The van der Waals surface area contributed by atoms with Crippen molar-refractivity contribution in [1.29, 1.82) is 0 Å². The molecular weight excluding hydrogens is 232 g/mol. The molecule has 0 aromatic carbocycles. The van der Waals surface area contributed by atoms with Gasteiger partial charge in [0.25, 0.3) is 0 Å². The second kappa shape index (κ2) is 5.04. The van der Waals surface area contributed by atoms with Crippen LogP contribution in [0.2, 0.25) is 0 Å². The number of rotatable bonds is 8. The lowest BCUT2D eigenvalue weighted by atomic mass is 9.85. The van der Waals surface area contributed by atoms with Gasteiger partial charge in [0.1, 0.15) is 0 Å². The second-order valence-electron chi connectivity index (χ2n) is 7.97. The highest BCUT2D eigenvalue weighted by Crippen LogP contribution is 2.43. The molecule has 2 heteroatoms. The Balaban J connectivity index is 1.37. The van der Waals surface area contributed by atoms with Gasteiger partial charge in [-0.2, -0.15) is 0 Å². The summed E-state index contributed by atoms with van der Waals surface area (Å²) in [7, 11) is 0. The van der Waals surface area contributed by atoms with Gasteiger partial charge < -0.3 is 5.32 Å². The van der Waals surface area contributed by atoms with Gasteiger partial charge in [-0.25, -0.2) is 0 Å². The number of nitrogens with one attached hydrogen (secondary N) is 1. The molecule has 4 aliphatic carbocycles. The molecule has 0 aliphatic heterocycles. The standard InChI is InChI=1S/C17H30N2/c1-2-10-17(9-1,12-18-15-5-6-15)13-19(16-7-8-16)11-14-3-4-14/h14-16,18H,1-13H2. The quantitative estimate of drug-likeness (QED) is 0.723. The normalized spacial score (nSPS) is 30.2. The molecule has 0 atom stereocenters. The molecular formula is C17H30N2. The van der Waals surface area contributed by atoms with Crippen LogP contribution < -0.4 is 5.32 Å². The van der Waals surface area contributed by atoms with Gasteiger partial charge >= 0.3 is 0 Å². The number of hydrogen-bond acceptors (Lipinski definition) is 2. The molecule has 0 amide bonds. The predicted molar refractivity (Wildman–Crippen MR) is 79.2 cm³/mol. The van der Waals surface area contributed by atoms with Crippen molar-refractivity contribution >= 4 is 0 Å². The first kappa shape index (κ1) is 12.6. The van der Waals surface area contributed by atoms with Crippen LogP contribution in [0.15, 0.2) is 0 Å². The van der Waals surface area contributed by atoms with Crippen LogP contribution in [0.1, 0.15) is 64.2 Å². The molecule has 0 aromatic rings. The predicted octanol–water partition coefficient (Wildman–Crippen LogP) is 3.17. The highest BCUT2D eigenvalue weighted by molar-refractivity contribution is 4.97.